The van der Waals surface area contributed by atoms with E-state index in [4.69, 9.17) is 5.11 Å². The maximum absolute atomic E-state index is 10.7. The van der Waals surface area contributed by atoms with Crippen molar-refractivity contribution < 1.29 is 9.90 Å². The fourth-order valence-corrected chi connectivity index (χ4v) is 3.28. The third-order valence-electron chi connectivity index (χ3n) is 3.04. The number of carboxylic acids is 1. The van der Waals surface area contributed by atoms with Gasteiger partial charge in [0.2, 0.25) is 0 Å². The monoisotopic (exact) mass is 251 g/mol. The smallest absolute Gasteiger partial charge is 0.304 e. The highest BCUT2D eigenvalue weighted by atomic mass is 32.2. The number of carboxylic acid groups (broad SMARTS) is 1. The molecule has 0 amide bonds. The molecule has 0 saturated carbocycles. The summed E-state index contributed by atoms with van der Waals surface area (Å²) < 4.78 is 0. The average Bonchev–Trinajstić information content (AvgIpc) is 2.38. The summed E-state index contributed by atoms with van der Waals surface area (Å²) in [6.45, 7) is 1.63. The molecule has 0 bridgehead atoms. The van der Waals surface area contributed by atoms with Crippen LogP contribution in [0.5, 0.6) is 0 Å². The third kappa shape index (κ3) is 3.48. The van der Waals surface area contributed by atoms with Crippen molar-refractivity contribution in [2.24, 2.45) is 0 Å². The van der Waals surface area contributed by atoms with Crippen LogP contribution in [0.25, 0.3) is 0 Å². The quantitative estimate of drug-likeness (QED) is 0.891. The number of hydrogen-bond acceptors (Lipinski definition) is 3. The van der Waals surface area contributed by atoms with E-state index in [2.05, 4.69) is 17.0 Å². The van der Waals surface area contributed by atoms with Gasteiger partial charge in [0.25, 0.3) is 0 Å². The minimum absolute atomic E-state index is 0.230. The molecule has 3 nitrogen and oxygen atoms in total. The predicted octanol–water partition coefficient (Wildman–Crippen LogP) is 2.25. The van der Waals surface area contributed by atoms with Gasteiger partial charge in [-0.25, -0.2) is 0 Å². The van der Waals surface area contributed by atoms with Crippen molar-refractivity contribution in [2.45, 2.75) is 12.5 Å². The first kappa shape index (κ1) is 12.5. The van der Waals surface area contributed by atoms with Gasteiger partial charge >= 0.3 is 5.97 Å². The van der Waals surface area contributed by atoms with Crippen molar-refractivity contribution in [3.8, 4) is 0 Å². The van der Waals surface area contributed by atoms with E-state index in [1.54, 1.807) is 0 Å². The molecule has 1 heterocycles. The van der Waals surface area contributed by atoms with Crippen LogP contribution in [0.4, 0.5) is 0 Å². The Morgan fingerprint density at radius 2 is 2.18 bits per heavy atom. The number of aliphatic carboxylic acids is 1. The van der Waals surface area contributed by atoms with Crippen molar-refractivity contribution in [3.63, 3.8) is 0 Å². The highest BCUT2D eigenvalue weighted by molar-refractivity contribution is 7.99. The Morgan fingerprint density at radius 3 is 2.88 bits per heavy atom. The minimum Gasteiger partial charge on any atom is -0.481 e. The zero-order chi connectivity index (χ0) is 12.1. The van der Waals surface area contributed by atoms with E-state index < -0.39 is 5.97 Å². The molecule has 17 heavy (non-hydrogen) atoms. The summed E-state index contributed by atoms with van der Waals surface area (Å²) in [4.78, 5) is 12.9. The molecular formula is C13H17NO2S. The Labute approximate surface area is 106 Å². The zero-order valence-electron chi connectivity index (χ0n) is 9.71. The van der Waals surface area contributed by atoms with E-state index >= 15 is 0 Å². The van der Waals surface area contributed by atoms with Crippen molar-refractivity contribution in [2.75, 3.05) is 24.6 Å². The predicted molar refractivity (Wildman–Crippen MR) is 70.3 cm³/mol. The van der Waals surface area contributed by atoms with Gasteiger partial charge < -0.3 is 5.11 Å². The second kappa shape index (κ2) is 6.07. The summed E-state index contributed by atoms with van der Waals surface area (Å²) >= 11 is 1.95. The largest absolute Gasteiger partial charge is 0.481 e. The fourth-order valence-electron chi connectivity index (χ4n) is 2.13. The summed E-state index contributed by atoms with van der Waals surface area (Å²) in [5.74, 6) is 1.45. The summed E-state index contributed by atoms with van der Waals surface area (Å²) in [5.41, 5.74) is 1.30. The third-order valence-corrected chi connectivity index (χ3v) is 4.06. The van der Waals surface area contributed by atoms with Crippen LogP contribution in [0.3, 0.4) is 0 Å². The maximum Gasteiger partial charge on any atom is 0.304 e. The van der Waals surface area contributed by atoms with Crippen molar-refractivity contribution in [1.29, 1.82) is 0 Å². The Kier molecular flexibility index (Phi) is 4.45. The van der Waals surface area contributed by atoms with Gasteiger partial charge in [0, 0.05) is 30.6 Å². The highest BCUT2D eigenvalue weighted by Crippen LogP contribution is 2.29. The van der Waals surface area contributed by atoms with Gasteiger partial charge in [-0.05, 0) is 5.56 Å². The molecule has 1 aromatic carbocycles. The molecule has 1 N–H and O–H groups in total. The molecule has 0 spiro atoms. The van der Waals surface area contributed by atoms with Crippen LogP contribution in [-0.4, -0.2) is 40.6 Å². The first-order valence-corrected chi connectivity index (χ1v) is 7.01. The normalized spacial score (nSPS) is 21.3. The average molecular weight is 251 g/mol. The van der Waals surface area contributed by atoms with E-state index in [1.807, 2.05) is 30.0 Å². The van der Waals surface area contributed by atoms with E-state index in [-0.39, 0.29) is 6.42 Å². The van der Waals surface area contributed by atoms with Gasteiger partial charge in [0.15, 0.2) is 0 Å². The molecular weight excluding hydrogens is 234 g/mol. The van der Waals surface area contributed by atoms with Gasteiger partial charge in [-0.2, -0.15) is 11.8 Å². The SMILES string of the molecule is O=C(O)CCN1CCSCC1c1ccccc1. The summed E-state index contributed by atoms with van der Waals surface area (Å²) in [5, 5.41) is 8.77. The molecule has 1 atom stereocenters. The van der Waals surface area contributed by atoms with Gasteiger partial charge in [0.1, 0.15) is 0 Å². The van der Waals surface area contributed by atoms with E-state index in [0.717, 1.165) is 18.1 Å². The van der Waals surface area contributed by atoms with E-state index in [0.29, 0.717) is 12.6 Å². The lowest BCUT2D eigenvalue weighted by molar-refractivity contribution is -0.137. The molecule has 0 aliphatic carbocycles. The summed E-state index contributed by atoms with van der Waals surface area (Å²) in [6, 6.07) is 10.7. The van der Waals surface area contributed by atoms with Crippen molar-refractivity contribution >= 4 is 17.7 Å². The van der Waals surface area contributed by atoms with Crippen molar-refractivity contribution in [3.05, 3.63) is 35.9 Å². The van der Waals surface area contributed by atoms with E-state index in [1.165, 1.54) is 5.56 Å². The minimum atomic E-state index is -0.713. The molecule has 1 saturated heterocycles. The molecule has 1 fully saturated rings. The standard InChI is InChI=1S/C13H17NO2S/c15-13(16)6-7-14-8-9-17-10-12(14)11-4-2-1-3-5-11/h1-5,12H,6-10H2,(H,15,16). The van der Waals surface area contributed by atoms with Crippen LogP contribution in [-0.2, 0) is 4.79 Å². The highest BCUT2D eigenvalue weighted by Gasteiger charge is 2.24. The molecule has 1 aliphatic heterocycles. The van der Waals surface area contributed by atoms with Crippen LogP contribution >= 0.6 is 11.8 Å². The lowest BCUT2D eigenvalue weighted by atomic mass is 10.1. The number of rotatable bonds is 4. The molecule has 1 unspecified atom stereocenters. The molecule has 1 aliphatic rings. The first-order chi connectivity index (χ1) is 8.27. The van der Waals surface area contributed by atoms with Crippen LogP contribution in [0, 0.1) is 0 Å². The van der Waals surface area contributed by atoms with Crippen LogP contribution in [0.2, 0.25) is 0 Å². The lowest BCUT2D eigenvalue weighted by Crippen LogP contribution is -2.37. The number of hydrogen-bond donors (Lipinski definition) is 1. The summed E-state index contributed by atoms with van der Waals surface area (Å²) in [6.07, 6.45) is 0.230. The molecule has 0 radical (unpaired) electrons. The van der Waals surface area contributed by atoms with Gasteiger partial charge in [-0.1, -0.05) is 30.3 Å². The Balaban J connectivity index is 2.04. The number of nitrogens with zero attached hydrogens (tertiary/aromatic N) is 1. The van der Waals surface area contributed by atoms with Crippen LogP contribution in [0.15, 0.2) is 30.3 Å². The zero-order valence-corrected chi connectivity index (χ0v) is 10.5. The summed E-state index contributed by atoms with van der Waals surface area (Å²) in [7, 11) is 0. The van der Waals surface area contributed by atoms with Crippen LogP contribution in [0.1, 0.15) is 18.0 Å². The number of benzene rings is 1. The molecule has 1 aromatic rings. The Bertz CT molecular complexity index is 369. The van der Waals surface area contributed by atoms with Gasteiger partial charge in [-0.3, -0.25) is 9.69 Å². The maximum atomic E-state index is 10.7. The molecule has 0 aromatic heterocycles. The molecule has 92 valence electrons. The lowest BCUT2D eigenvalue weighted by Gasteiger charge is -2.35. The Hall–Kier alpha value is -1.00. The fraction of sp³-hybridized carbons (Fsp3) is 0.462. The van der Waals surface area contributed by atoms with Gasteiger partial charge in [-0.15, -0.1) is 0 Å². The first-order valence-electron chi connectivity index (χ1n) is 5.86. The number of thioether (sulfide) groups is 1. The number of carbonyl (C=O) groups is 1. The molecule has 2 rings (SSSR count). The molecule has 4 heteroatoms. The Morgan fingerprint density at radius 1 is 1.41 bits per heavy atom. The second-order valence-corrected chi connectivity index (χ2v) is 5.33. The second-order valence-electron chi connectivity index (χ2n) is 4.18. The topological polar surface area (TPSA) is 40.5 Å². The van der Waals surface area contributed by atoms with E-state index in [9.17, 15) is 4.79 Å². The van der Waals surface area contributed by atoms with Crippen LogP contribution < -0.4 is 0 Å². The van der Waals surface area contributed by atoms with Gasteiger partial charge in [0.05, 0.1) is 6.42 Å². The van der Waals surface area contributed by atoms with Crippen molar-refractivity contribution in [1.82, 2.24) is 4.90 Å².